The Morgan fingerprint density at radius 1 is 1.00 bits per heavy atom. The Bertz CT molecular complexity index is 834. The van der Waals surface area contributed by atoms with Crippen molar-refractivity contribution in [2.45, 2.75) is 13.0 Å². The van der Waals surface area contributed by atoms with Gasteiger partial charge in [-0.05, 0) is 42.3 Å². The number of ether oxygens (including phenoxy) is 1. The van der Waals surface area contributed by atoms with Crippen LogP contribution in [0.25, 0.3) is 11.1 Å². The van der Waals surface area contributed by atoms with Gasteiger partial charge in [0.2, 0.25) is 0 Å². The van der Waals surface area contributed by atoms with Gasteiger partial charge < -0.3 is 10.1 Å². The van der Waals surface area contributed by atoms with Crippen LogP contribution < -0.4 is 10.1 Å². The second kappa shape index (κ2) is 7.81. The van der Waals surface area contributed by atoms with E-state index in [1.807, 2.05) is 54.6 Å². The summed E-state index contributed by atoms with van der Waals surface area (Å²) in [4.78, 5) is 16.1. The van der Waals surface area contributed by atoms with E-state index >= 15 is 0 Å². The van der Waals surface area contributed by atoms with Crippen LogP contribution in [0.15, 0.2) is 72.9 Å². The molecule has 0 spiro atoms. The van der Waals surface area contributed by atoms with Crippen molar-refractivity contribution >= 4 is 23.2 Å². The minimum absolute atomic E-state index is 0.253. The van der Waals surface area contributed by atoms with E-state index in [2.05, 4.69) is 10.3 Å². The predicted octanol–water partition coefficient (Wildman–Crippen LogP) is 4.81. The van der Waals surface area contributed by atoms with E-state index in [4.69, 9.17) is 16.3 Å². The third kappa shape index (κ3) is 4.58. The van der Waals surface area contributed by atoms with Gasteiger partial charge in [0.05, 0.1) is 11.9 Å². The highest BCUT2D eigenvalue weighted by atomic mass is 35.5. The largest absolute Gasteiger partial charge is 0.481 e. The van der Waals surface area contributed by atoms with Gasteiger partial charge in [0, 0.05) is 0 Å². The number of aromatic nitrogens is 1. The SMILES string of the molecule is CC(Oc1ccc(-c2ccccc2)cc1)C(=O)Nc1ccc(Cl)nc1. The zero-order chi connectivity index (χ0) is 17.6. The Morgan fingerprint density at radius 2 is 1.68 bits per heavy atom. The Hall–Kier alpha value is -2.85. The summed E-state index contributed by atoms with van der Waals surface area (Å²) in [5.74, 6) is 0.382. The van der Waals surface area contributed by atoms with Crippen LogP contribution in [-0.2, 0) is 4.79 Å². The highest BCUT2D eigenvalue weighted by Crippen LogP contribution is 2.22. The lowest BCUT2D eigenvalue weighted by molar-refractivity contribution is -0.122. The first-order valence-electron chi connectivity index (χ1n) is 7.86. The molecule has 0 aliphatic carbocycles. The van der Waals surface area contributed by atoms with Gasteiger partial charge in [-0.3, -0.25) is 4.79 Å². The van der Waals surface area contributed by atoms with Crippen LogP contribution in [0.5, 0.6) is 5.75 Å². The number of nitrogens with one attached hydrogen (secondary N) is 1. The maximum atomic E-state index is 12.2. The van der Waals surface area contributed by atoms with E-state index in [1.54, 1.807) is 19.1 Å². The molecule has 3 aromatic rings. The Morgan fingerprint density at radius 3 is 2.32 bits per heavy atom. The number of hydrogen-bond acceptors (Lipinski definition) is 3. The van der Waals surface area contributed by atoms with E-state index in [0.29, 0.717) is 16.6 Å². The van der Waals surface area contributed by atoms with Gasteiger partial charge in [-0.2, -0.15) is 0 Å². The maximum Gasteiger partial charge on any atom is 0.265 e. The standard InChI is InChI=1S/C20H17ClN2O2/c1-14(20(24)23-17-9-12-19(21)22-13-17)25-18-10-7-16(8-11-18)15-5-3-2-4-6-15/h2-14H,1H3,(H,23,24). The van der Waals surface area contributed by atoms with Crippen molar-refractivity contribution in [2.24, 2.45) is 0 Å². The van der Waals surface area contributed by atoms with Crippen LogP contribution in [0.3, 0.4) is 0 Å². The fourth-order valence-electron chi connectivity index (χ4n) is 2.31. The highest BCUT2D eigenvalue weighted by molar-refractivity contribution is 6.29. The topological polar surface area (TPSA) is 51.2 Å². The number of benzene rings is 2. The zero-order valence-electron chi connectivity index (χ0n) is 13.6. The van der Waals surface area contributed by atoms with Crippen molar-refractivity contribution in [3.8, 4) is 16.9 Å². The molecular formula is C20H17ClN2O2. The summed E-state index contributed by atoms with van der Waals surface area (Å²) in [6, 6.07) is 21.0. The Kier molecular flexibility index (Phi) is 5.31. The molecule has 25 heavy (non-hydrogen) atoms. The molecule has 1 unspecified atom stereocenters. The summed E-state index contributed by atoms with van der Waals surface area (Å²) in [7, 11) is 0. The lowest BCUT2D eigenvalue weighted by Crippen LogP contribution is -2.30. The molecule has 0 bridgehead atoms. The third-order valence-corrected chi connectivity index (χ3v) is 3.86. The number of nitrogens with zero attached hydrogens (tertiary/aromatic N) is 1. The van der Waals surface area contributed by atoms with Crippen molar-refractivity contribution in [1.29, 1.82) is 0 Å². The quantitative estimate of drug-likeness (QED) is 0.670. The van der Waals surface area contributed by atoms with E-state index in [-0.39, 0.29) is 5.91 Å². The van der Waals surface area contributed by atoms with Crippen LogP contribution in [-0.4, -0.2) is 17.0 Å². The number of hydrogen-bond donors (Lipinski definition) is 1. The van der Waals surface area contributed by atoms with Crippen LogP contribution >= 0.6 is 11.6 Å². The van der Waals surface area contributed by atoms with Gasteiger partial charge in [-0.25, -0.2) is 4.98 Å². The second-order valence-corrected chi connectivity index (χ2v) is 5.90. The molecule has 1 aromatic heterocycles. The molecular weight excluding hydrogens is 336 g/mol. The molecule has 1 atom stereocenters. The van der Waals surface area contributed by atoms with Crippen molar-refractivity contribution in [3.05, 3.63) is 78.1 Å². The monoisotopic (exact) mass is 352 g/mol. The van der Waals surface area contributed by atoms with E-state index in [1.165, 1.54) is 6.20 Å². The molecule has 4 nitrogen and oxygen atoms in total. The summed E-state index contributed by atoms with van der Waals surface area (Å²) in [5.41, 5.74) is 2.80. The van der Waals surface area contributed by atoms with Gasteiger partial charge in [0.15, 0.2) is 6.10 Å². The van der Waals surface area contributed by atoms with Gasteiger partial charge in [0.1, 0.15) is 10.9 Å². The lowest BCUT2D eigenvalue weighted by atomic mass is 10.1. The number of amides is 1. The normalized spacial score (nSPS) is 11.6. The average molecular weight is 353 g/mol. The predicted molar refractivity (Wildman–Crippen MR) is 99.8 cm³/mol. The molecule has 0 aliphatic heterocycles. The van der Waals surface area contributed by atoms with Crippen molar-refractivity contribution in [1.82, 2.24) is 4.98 Å². The molecule has 1 heterocycles. The number of carbonyl (C=O) groups is 1. The van der Waals surface area contributed by atoms with Gasteiger partial charge in [-0.15, -0.1) is 0 Å². The van der Waals surface area contributed by atoms with Gasteiger partial charge in [0.25, 0.3) is 5.91 Å². The highest BCUT2D eigenvalue weighted by Gasteiger charge is 2.15. The number of carbonyl (C=O) groups excluding carboxylic acids is 1. The molecule has 0 saturated heterocycles. The summed E-state index contributed by atoms with van der Waals surface area (Å²) in [5, 5.41) is 3.12. The summed E-state index contributed by atoms with van der Waals surface area (Å²) in [6.45, 7) is 1.70. The van der Waals surface area contributed by atoms with Crippen molar-refractivity contribution in [2.75, 3.05) is 5.32 Å². The Labute approximate surface area is 151 Å². The molecule has 0 fully saturated rings. The van der Waals surface area contributed by atoms with E-state index < -0.39 is 6.10 Å². The molecule has 0 radical (unpaired) electrons. The molecule has 1 N–H and O–H groups in total. The average Bonchev–Trinajstić information content (AvgIpc) is 2.65. The molecule has 126 valence electrons. The van der Waals surface area contributed by atoms with E-state index in [0.717, 1.165) is 11.1 Å². The lowest BCUT2D eigenvalue weighted by Gasteiger charge is -2.15. The van der Waals surface area contributed by atoms with Crippen molar-refractivity contribution < 1.29 is 9.53 Å². The van der Waals surface area contributed by atoms with Crippen LogP contribution in [0, 0.1) is 0 Å². The molecule has 0 saturated carbocycles. The second-order valence-electron chi connectivity index (χ2n) is 5.51. The Balaban J connectivity index is 1.61. The smallest absolute Gasteiger partial charge is 0.265 e. The number of anilines is 1. The number of rotatable bonds is 5. The molecule has 5 heteroatoms. The van der Waals surface area contributed by atoms with Crippen LogP contribution in [0.2, 0.25) is 5.15 Å². The maximum absolute atomic E-state index is 12.2. The third-order valence-electron chi connectivity index (χ3n) is 3.64. The number of pyridine rings is 1. The zero-order valence-corrected chi connectivity index (χ0v) is 14.4. The fourth-order valence-corrected chi connectivity index (χ4v) is 2.42. The first-order chi connectivity index (χ1) is 12.1. The van der Waals surface area contributed by atoms with Crippen molar-refractivity contribution in [3.63, 3.8) is 0 Å². The first kappa shape index (κ1) is 17.0. The minimum Gasteiger partial charge on any atom is -0.481 e. The summed E-state index contributed by atoms with van der Waals surface area (Å²) in [6.07, 6.45) is 0.861. The molecule has 1 amide bonds. The van der Waals surface area contributed by atoms with Crippen LogP contribution in [0.4, 0.5) is 5.69 Å². The molecule has 3 rings (SSSR count). The van der Waals surface area contributed by atoms with Gasteiger partial charge >= 0.3 is 0 Å². The first-order valence-corrected chi connectivity index (χ1v) is 8.24. The van der Waals surface area contributed by atoms with E-state index in [9.17, 15) is 4.79 Å². The number of halogens is 1. The fraction of sp³-hybridized carbons (Fsp3) is 0.100. The summed E-state index contributed by atoms with van der Waals surface area (Å²) < 4.78 is 5.70. The minimum atomic E-state index is -0.641. The molecule has 0 aliphatic rings. The van der Waals surface area contributed by atoms with Gasteiger partial charge in [-0.1, -0.05) is 54.1 Å². The molecule has 2 aromatic carbocycles. The summed E-state index contributed by atoms with van der Waals surface area (Å²) >= 11 is 5.73. The van der Waals surface area contributed by atoms with Crippen LogP contribution in [0.1, 0.15) is 6.92 Å².